The summed E-state index contributed by atoms with van der Waals surface area (Å²) in [4.78, 5) is 24.1. The molecule has 2 aromatic carbocycles. The fourth-order valence-electron chi connectivity index (χ4n) is 2.45. The van der Waals surface area contributed by atoms with E-state index in [4.69, 9.17) is 9.84 Å². The second-order valence-electron chi connectivity index (χ2n) is 5.91. The maximum Gasteiger partial charge on any atom is 0.416 e. The zero-order valence-electron chi connectivity index (χ0n) is 14.5. The second-order valence-corrected chi connectivity index (χ2v) is 5.91. The lowest BCUT2D eigenvalue weighted by Crippen LogP contribution is -2.28. The molecule has 144 valence electrons. The fraction of sp³-hybridized carbons (Fsp3) is 0.263. The van der Waals surface area contributed by atoms with E-state index in [0.29, 0.717) is 5.75 Å². The van der Waals surface area contributed by atoms with Crippen molar-refractivity contribution >= 4 is 11.9 Å². The standard InChI is InChI=1S/C19H18F3NO4/c1-23(11-13-6-8-15(9-7-13)27-12-18(25)26)17(24)10-14-4-2-3-5-16(14)19(20,21)22/h2-9H,10-12H2,1H3,(H,25,26). The number of benzene rings is 2. The Bertz CT molecular complexity index is 803. The van der Waals surface area contributed by atoms with E-state index in [9.17, 15) is 22.8 Å². The van der Waals surface area contributed by atoms with Gasteiger partial charge in [-0.1, -0.05) is 30.3 Å². The number of hydrogen-bond acceptors (Lipinski definition) is 3. The van der Waals surface area contributed by atoms with E-state index in [2.05, 4.69) is 0 Å². The van der Waals surface area contributed by atoms with E-state index in [0.717, 1.165) is 11.6 Å². The van der Waals surface area contributed by atoms with Crippen LogP contribution in [0.3, 0.4) is 0 Å². The van der Waals surface area contributed by atoms with Gasteiger partial charge in [0.25, 0.3) is 0 Å². The van der Waals surface area contributed by atoms with Gasteiger partial charge in [-0.05, 0) is 29.3 Å². The molecular weight excluding hydrogens is 363 g/mol. The van der Waals surface area contributed by atoms with Gasteiger partial charge in [0.15, 0.2) is 6.61 Å². The molecule has 27 heavy (non-hydrogen) atoms. The summed E-state index contributed by atoms with van der Waals surface area (Å²) < 4.78 is 44.1. The first-order chi connectivity index (χ1) is 12.7. The minimum atomic E-state index is -4.51. The number of carbonyl (C=O) groups is 2. The Morgan fingerprint density at radius 2 is 1.70 bits per heavy atom. The van der Waals surface area contributed by atoms with Gasteiger partial charge in [-0.15, -0.1) is 0 Å². The van der Waals surface area contributed by atoms with Crippen molar-refractivity contribution in [2.75, 3.05) is 13.7 Å². The van der Waals surface area contributed by atoms with Crippen LogP contribution in [-0.4, -0.2) is 35.5 Å². The predicted molar refractivity (Wildman–Crippen MR) is 91.2 cm³/mol. The summed E-state index contributed by atoms with van der Waals surface area (Å²) in [6, 6.07) is 11.4. The number of carboxylic acid groups (broad SMARTS) is 1. The highest BCUT2D eigenvalue weighted by Gasteiger charge is 2.33. The molecule has 8 heteroatoms. The lowest BCUT2D eigenvalue weighted by atomic mass is 10.0. The molecule has 0 aromatic heterocycles. The molecule has 0 spiro atoms. The highest BCUT2D eigenvalue weighted by atomic mass is 19.4. The summed E-state index contributed by atoms with van der Waals surface area (Å²) in [5.74, 6) is -1.17. The average molecular weight is 381 g/mol. The molecule has 5 nitrogen and oxygen atoms in total. The van der Waals surface area contributed by atoms with Gasteiger partial charge in [0.05, 0.1) is 12.0 Å². The molecule has 0 aliphatic rings. The summed E-state index contributed by atoms with van der Waals surface area (Å²) in [5, 5.41) is 8.56. The quantitative estimate of drug-likeness (QED) is 0.799. The number of amides is 1. The summed E-state index contributed by atoms with van der Waals surface area (Å²) in [6.45, 7) is -0.261. The third-order valence-corrected chi connectivity index (χ3v) is 3.80. The number of aliphatic carboxylic acids is 1. The molecule has 0 fully saturated rings. The first-order valence-electron chi connectivity index (χ1n) is 7.99. The van der Waals surface area contributed by atoms with Gasteiger partial charge in [0.2, 0.25) is 5.91 Å². The van der Waals surface area contributed by atoms with Crippen molar-refractivity contribution in [1.82, 2.24) is 4.90 Å². The molecule has 1 N–H and O–H groups in total. The first-order valence-corrected chi connectivity index (χ1v) is 7.99. The number of alkyl halides is 3. The van der Waals surface area contributed by atoms with E-state index >= 15 is 0 Å². The molecule has 0 saturated heterocycles. The van der Waals surface area contributed by atoms with Crippen molar-refractivity contribution in [3.63, 3.8) is 0 Å². The van der Waals surface area contributed by atoms with Crippen LogP contribution < -0.4 is 4.74 Å². The van der Waals surface area contributed by atoms with Gasteiger partial charge in [-0.3, -0.25) is 4.79 Å². The number of carbonyl (C=O) groups excluding carboxylic acids is 1. The molecular formula is C19H18F3NO4. The Morgan fingerprint density at radius 1 is 1.07 bits per heavy atom. The minimum Gasteiger partial charge on any atom is -0.482 e. The predicted octanol–water partition coefficient (Wildman–Crippen LogP) is 3.37. The molecule has 0 radical (unpaired) electrons. The SMILES string of the molecule is CN(Cc1ccc(OCC(=O)O)cc1)C(=O)Cc1ccccc1C(F)(F)F. The van der Waals surface area contributed by atoms with Crippen molar-refractivity contribution in [3.8, 4) is 5.75 Å². The van der Waals surface area contributed by atoms with Crippen LogP contribution in [-0.2, 0) is 28.7 Å². The fourth-order valence-corrected chi connectivity index (χ4v) is 2.45. The molecule has 1 amide bonds. The third-order valence-electron chi connectivity index (χ3n) is 3.80. The van der Waals surface area contributed by atoms with Crippen LogP contribution in [0.5, 0.6) is 5.75 Å². The van der Waals surface area contributed by atoms with Crippen LogP contribution in [0.2, 0.25) is 0 Å². The zero-order valence-corrected chi connectivity index (χ0v) is 14.5. The smallest absolute Gasteiger partial charge is 0.416 e. The van der Waals surface area contributed by atoms with Crippen LogP contribution in [0.15, 0.2) is 48.5 Å². The minimum absolute atomic E-state index is 0.0701. The molecule has 2 aromatic rings. The highest BCUT2D eigenvalue weighted by Crippen LogP contribution is 2.32. The molecule has 0 unspecified atom stereocenters. The Morgan fingerprint density at radius 3 is 2.30 bits per heavy atom. The Kier molecular flexibility index (Phi) is 6.44. The van der Waals surface area contributed by atoms with E-state index in [1.54, 1.807) is 24.3 Å². The van der Waals surface area contributed by atoms with Crippen LogP contribution in [0, 0.1) is 0 Å². The third kappa shape index (κ3) is 6.02. The van der Waals surface area contributed by atoms with Gasteiger partial charge in [-0.2, -0.15) is 13.2 Å². The number of hydrogen-bond donors (Lipinski definition) is 1. The monoisotopic (exact) mass is 381 g/mol. The summed E-state index contributed by atoms with van der Waals surface area (Å²) in [6.07, 6.45) is -4.87. The molecule has 0 bridgehead atoms. The Balaban J connectivity index is 1.99. The maximum atomic E-state index is 13.0. The van der Waals surface area contributed by atoms with Crippen molar-refractivity contribution in [2.24, 2.45) is 0 Å². The lowest BCUT2D eigenvalue weighted by molar-refractivity contribution is -0.140. The summed E-state index contributed by atoms with van der Waals surface area (Å²) in [7, 11) is 1.51. The van der Waals surface area contributed by atoms with Crippen LogP contribution in [0.1, 0.15) is 16.7 Å². The highest BCUT2D eigenvalue weighted by molar-refractivity contribution is 5.79. The van der Waals surface area contributed by atoms with Gasteiger partial charge < -0.3 is 14.7 Å². The number of ether oxygens (including phenoxy) is 1. The molecule has 0 aliphatic heterocycles. The van der Waals surface area contributed by atoms with E-state index < -0.39 is 30.2 Å². The van der Waals surface area contributed by atoms with Crippen molar-refractivity contribution in [1.29, 1.82) is 0 Å². The van der Waals surface area contributed by atoms with E-state index in [1.807, 2.05) is 0 Å². The second kappa shape index (κ2) is 8.57. The van der Waals surface area contributed by atoms with Gasteiger partial charge in [0.1, 0.15) is 5.75 Å². The van der Waals surface area contributed by atoms with E-state index in [1.165, 1.54) is 30.1 Å². The van der Waals surface area contributed by atoms with Crippen LogP contribution in [0.4, 0.5) is 13.2 Å². The number of halogens is 3. The topological polar surface area (TPSA) is 66.8 Å². The molecule has 2 rings (SSSR count). The molecule has 0 aliphatic carbocycles. The van der Waals surface area contributed by atoms with Crippen LogP contribution in [0.25, 0.3) is 0 Å². The first kappa shape index (κ1) is 20.3. The van der Waals surface area contributed by atoms with Crippen LogP contribution >= 0.6 is 0 Å². The van der Waals surface area contributed by atoms with Crippen molar-refractivity contribution in [3.05, 3.63) is 65.2 Å². The number of likely N-dealkylation sites (N-methyl/N-ethyl adjacent to an activating group) is 1. The van der Waals surface area contributed by atoms with Crippen molar-refractivity contribution in [2.45, 2.75) is 19.1 Å². The molecule has 0 atom stereocenters. The largest absolute Gasteiger partial charge is 0.482 e. The Hall–Kier alpha value is -3.03. The number of carboxylic acids is 1. The normalized spacial score (nSPS) is 11.1. The summed E-state index contributed by atoms with van der Waals surface area (Å²) in [5.41, 5.74) is -0.149. The van der Waals surface area contributed by atoms with Crippen molar-refractivity contribution < 1.29 is 32.6 Å². The van der Waals surface area contributed by atoms with Gasteiger partial charge in [0, 0.05) is 13.6 Å². The Labute approximate surface area is 154 Å². The van der Waals surface area contributed by atoms with E-state index in [-0.39, 0.29) is 18.5 Å². The molecule has 0 saturated carbocycles. The summed E-state index contributed by atoms with van der Waals surface area (Å²) >= 11 is 0. The number of nitrogens with zero attached hydrogens (tertiary/aromatic N) is 1. The maximum absolute atomic E-state index is 13.0. The van der Waals surface area contributed by atoms with Gasteiger partial charge in [-0.25, -0.2) is 4.79 Å². The average Bonchev–Trinajstić information content (AvgIpc) is 2.60. The van der Waals surface area contributed by atoms with Gasteiger partial charge >= 0.3 is 12.1 Å². The molecule has 0 heterocycles. The lowest BCUT2D eigenvalue weighted by Gasteiger charge is -2.19. The zero-order chi connectivity index (χ0) is 20.0. The number of rotatable bonds is 7.